The van der Waals surface area contributed by atoms with Crippen molar-refractivity contribution >= 4 is 23.4 Å². The van der Waals surface area contributed by atoms with E-state index in [1.54, 1.807) is 21.9 Å². The Hall–Kier alpha value is -2.41. The maximum atomic E-state index is 12.9. The zero-order chi connectivity index (χ0) is 19.4. The highest BCUT2D eigenvalue weighted by Crippen LogP contribution is 2.23. The lowest BCUT2D eigenvalue weighted by atomic mass is 10.1. The van der Waals surface area contributed by atoms with E-state index in [0.717, 1.165) is 18.7 Å². The van der Waals surface area contributed by atoms with Crippen LogP contribution in [0.3, 0.4) is 0 Å². The molecule has 3 amide bonds. The lowest BCUT2D eigenvalue weighted by molar-refractivity contribution is -0.132. The van der Waals surface area contributed by atoms with Gasteiger partial charge in [-0.1, -0.05) is 6.07 Å². The van der Waals surface area contributed by atoms with Crippen LogP contribution < -0.4 is 4.90 Å². The summed E-state index contributed by atoms with van der Waals surface area (Å²) in [5.41, 5.74) is 1.39. The van der Waals surface area contributed by atoms with E-state index in [2.05, 4.69) is 0 Å². The molecule has 1 aromatic rings. The Morgan fingerprint density at radius 2 is 1.74 bits per heavy atom. The Kier molecular flexibility index (Phi) is 6.11. The van der Waals surface area contributed by atoms with Crippen LogP contribution in [0.25, 0.3) is 0 Å². The number of amides is 3. The van der Waals surface area contributed by atoms with Crippen molar-refractivity contribution in [1.29, 1.82) is 0 Å². The lowest BCUT2D eigenvalue weighted by Gasteiger charge is -2.35. The average Bonchev–Trinajstić information content (AvgIpc) is 3.11. The molecule has 0 unspecified atom stereocenters. The first-order chi connectivity index (χ1) is 13.0. The molecule has 0 bridgehead atoms. The number of piperazine rings is 1. The minimum absolute atomic E-state index is 0.0381. The summed E-state index contributed by atoms with van der Waals surface area (Å²) in [4.78, 5) is 44.4. The van der Waals surface area contributed by atoms with Crippen molar-refractivity contribution in [2.45, 2.75) is 19.3 Å². The van der Waals surface area contributed by atoms with Gasteiger partial charge in [-0.2, -0.15) is 0 Å². The number of rotatable bonds is 5. The highest BCUT2D eigenvalue weighted by Gasteiger charge is 2.26. The van der Waals surface area contributed by atoms with Gasteiger partial charge in [-0.25, -0.2) is 0 Å². The van der Waals surface area contributed by atoms with Gasteiger partial charge in [-0.15, -0.1) is 0 Å². The summed E-state index contributed by atoms with van der Waals surface area (Å²) in [6.45, 7) is 3.67. The fourth-order valence-corrected chi connectivity index (χ4v) is 3.55. The van der Waals surface area contributed by atoms with Gasteiger partial charge < -0.3 is 19.6 Å². The first kappa shape index (κ1) is 19.4. The fourth-order valence-electron chi connectivity index (χ4n) is 3.55. The summed E-state index contributed by atoms with van der Waals surface area (Å²) in [7, 11) is 3.90. The molecule has 7 heteroatoms. The van der Waals surface area contributed by atoms with E-state index in [-0.39, 0.29) is 17.7 Å². The summed E-state index contributed by atoms with van der Waals surface area (Å²) >= 11 is 0. The maximum Gasteiger partial charge on any atom is 0.254 e. The van der Waals surface area contributed by atoms with Crippen LogP contribution in [-0.2, 0) is 9.59 Å². The summed E-state index contributed by atoms with van der Waals surface area (Å²) in [5.74, 6) is 0.221. The van der Waals surface area contributed by atoms with Gasteiger partial charge in [0.25, 0.3) is 5.91 Å². The first-order valence-electron chi connectivity index (χ1n) is 9.58. The van der Waals surface area contributed by atoms with E-state index in [4.69, 9.17) is 0 Å². The number of hydrogen-bond acceptors (Lipinski definition) is 4. The van der Waals surface area contributed by atoms with Gasteiger partial charge in [0.2, 0.25) is 11.8 Å². The average molecular weight is 372 g/mol. The molecule has 2 fully saturated rings. The van der Waals surface area contributed by atoms with Crippen molar-refractivity contribution in [3.63, 3.8) is 0 Å². The van der Waals surface area contributed by atoms with Gasteiger partial charge >= 0.3 is 0 Å². The van der Waals surface area contributed by atoms with Crippen LogP contribution in [0.4, 0.5) is 5.69 Å². The fraction of sp³-hybridized carbons (Fsp3) is 0.550. The summed E-state index contributed by atoms with van der Waals surface area (Å²) < 4.78 is 0. The second-order valence-corrected chi connectivity index (χ2v) is 7.43. The number of anilines is 1. The Balaban J connectivity index is 1.58. The van der Waals surface area contributed by atoms with Crippen LogP contribution in [0.15, 0.2) is 24.3 Å². The van der Waals surface area contributed by atoms with Crippen molar-refractivity contribution in [1.82, 2.24) is 14.7 Å². The molecule has 2 aliphatic rings. The number of carbonyl (C=O) groups excluding carboxylic acids is 3. The number of nitrogens with zero attached hydrogens (tertiary/aromatic N) is 4. The molecule has 7 nitrogen and oxygen atoms in total. The van der Waals surface area contributed by atoms with Crippen LogP contribution >= 0.6 is 0 Å². The molecule has 0 spiro atoms. The van der Waals surface area contributed by atoms with Gasteiger partial charge in [0, 0.05) is 63.4 Å². The number of benzene rings is 1. The molecule has 0 aromatic heterocycles. The van der Waals surface area contributed by atoms with E-state index in [9.17, 15) is 14.4 Å². The SMILES string of the molecule is CN(C)CCC(=O)N1CCN(C(=O)c2cccc(N3CCCC3=O)c2)CC1. The molecule has 0 atom stereocenters. The predicted octanol–water partition coefficient (Wildman–Crippen LogP) is 1.05. The third-order valence-corrected chi connectivity index (χ3v) is 5.17. The maximum absolute atomic E-state index is 12.9. The molecule has 3 rings (SSSR count). The quantitative estimate of drug-likeness (QED) is 0.775. The Morgan fingerprint density at radius 3 is 2.37 bits per heavy atom. The van der Waals surface area contributed by atoms with Gasteiger partial charge in [0.05, 0.1) is 0 Å². The monoisotopic (exact) mass is 372 g/mol. The molecule has 2 saturated heterocycles. The number of carbonyl (C=O) groups is 3. The Bertz CT molecular complexity index is 711. The van der Waals surface area contributed by atoms with Gasteiger partial charge in [0.15, 0.2) is 0 Å². The van der Waals surface area contributed by atoms with E-state index in [1.807, 2.05) is 36.0 Å². The third-order valence-electron chi connectivity index (χ3n) is 5.17. The normalized spacial score (nSPS) is 17.7. The molecule has 0 radical (unpaired) electrons. The molecule has 0 aliphatic carbocycles. The second kappa shape index (κ2) is 8.52. The van der Waals surface area contributed by atoms with Crippen LogP contribution in [0.2, 0.25) is 0 Å². The predicted molar refractivity (Wildman–Crippen MR) is 104 cm³/mol. The van der Waals surface area contributed by atoms with Crippen molar-refractivity contribution in [2.24, 2.45) is 0 Å². The smallest absolute Gasteiger partial charge is 0.254 e. The standard InChI is InChI=1S/C20H28N4O3/c1-21(2)10-8-18(25)22-11-13-23(14-12-22)20(27)16-5-3-6-17(15-16)24-9-4-7-19(24)26/h3,5-6,15H,4,7-14H2,1-2H3. The zero-order valence-corrected chi connectivity index (χ0v) is 16.2. The van der Waals surface area contributed by atoms with Gasteiger partial charge in [-0.3, -0.25) is 14.4 Å². The molecule has 0 N–H and O–H groups in total. The van der Waals surface area contributed by atoms with Crippen LogP contribution in [0.1, 0.15) is 29.6 Å². The van der Waals surface area contributed by atoms with E-state index < -0.39 is 0 Å². The minimum atomic E-state index is -0.0381. The van der Waals surface area contributed by atoms with E-state index in [0.29, 0.717) is 51.1 Å². The molecule has 2 aliphatic heterocycles. The molecule has 27 heavy (non-hydrogen) atoms. The molecule has 0 saturated carbocycles. The van der Waals surface area contributed by atoms with Crippen LogP contribution in [0.5, 0.6) is 0 Å². The van der Waals surface area contributed by atoms with Crippen LogP contribution in [-0.4, -0.2) is 85.8 Å². The molecule has 1 aromatic carbocycles. The van der Waals surface area contributed by atoms with Crippen molar-refractivity contribution in [2.75, 3.05) is 58.3 Å². The van der Waals surface area contributed by atoms with Crippen molar-refractivity contribution in [3.8, 4) is 0 Å². The molecular weight excluding hydrogens is 344 g/mol. The largest absolute Gasteiger partial charge is 0.339 e. The minimum Gasteiger partial charge on any atom is -0.339 e. The van der Waals surface area contributed by atoms with Crippen molar-refractivity contribution in [3.05, 3.63) is 29.8 Å². The third kappa shape index (κ3) is 4.66. The summed E-state index contributed by atoms with van der Waals surface area (Å²) in [5, 5.41) is 0. The summed E-state index contributed by atoms with van der Waals surface area (Å²) in [6, 6.07) is 7.30. The zero-order valence-electron chi connectivity index (χ0n) is 16.2. The van der Waals surface area contributed by atoms with Gasteiger partial charge in [0.1, 0.15) is 0 Å². The van der Waals surface area contributed by atoms with Gasteiger partial charge in [-0.05, 0) is 38.7 Å². The van der Waals surface area contributed by atoms with E-state index in [1.165, 1.54) is 0 Å². The number of hydrogen-bond donors (Lipinski definition) is 0. The Morgan fingerprint density at radius 1 is 1.04 bits per heavy atom. The Labute approximate surface area is 160 Å². The van der Waals surface area contributed by atoms with E-state index >= 15 is 0 Å². The highest BCUT2D eigenvalue weighted by molar-refractivity contribution is 5.99. The van der Waals surface area contributed by atoms with Crippen LogP contribution in [0, 0.1) is 0 Å². The highest BCUT2D eigenvalue weighted by atomic mass is 16.2. The molecular formula is C20H28N4O3. The van der Waals surface area contributed by atoms with Crippen molar-refractivity contribution < 1.29 is 14.4 Å². The molecule has 2 heterocycles. The summed E-state index contributed by atoms with van der Waals surface area (Å²) in [6.07, 6.45) is 1.94. The molecule has 146 valence electrons. The first-order valence-corrected chi connectivity index (χ1v) is 9.58. The topological polar surface area (TPSA) is 64.2 Å². The second-order valence-electron chi connectivity index (χ2n) is 7.43. The lowest BCUT2D eigenvalue weighted by Crippen LogP contribution is -2.50.